The van der Waals surface area contributed by atoms with Crippen molar-refractivity contribution in [2.75, 3.05) is 19.7 Å². The van der Waals surface area contributed by atoms with Crippen LogP contribution in [0.4, 0.5) is 0 Å². The lowest BCUT2D eigenvalue weighted by Gasteiger charge is -2.33. The van der Waals surface area contributed by atoms with E-state index >= 15 is 0 Å². The molecule has 15 heavy (non-hydrogen) atoms. The molecule has 1 saturated carbocycles. The average Bonchev–Trinajstić information content (AvgIpc) is 3.07. The van der Waals surface area contributed by atoms with Gasteiger partial charge in [-0.1, -0.05) is 12.8 Å². The van der Waals surface area contributed by atoms with Crippen LogP contribution < -0.4 is 5.73 Å². The van der Waals surface area contributed by atoms with Crippen LogP contribution in [-0.4, -0.2) is 41.8 Å². The van der Waals surface area contributed by atoms with Gasteiger partial charge in [0.25, 0.3) is 0 Å². The number of aliphatic hydroxyl groups excluding tert-OH is 1. The molecule has 2 fully saturated rings. The van der Waals surface area contributed by atoms with Gasteiger partial charge in [-0.25, -0.2) is 0 Å². The Bertz CT molecular complexity index is 186. The molecule has 0 aromatic carbocycles. The van der Waals surface area contributed by atoms with Crippen LogP contribution in [0.1, 0.15) is 38.5 Å². The minimum atomic E-state index is 0.202. The Kier molecular flexibility index (Phi) is 4.00. The smallest absolute Gasteiger partial charge is 0.0602 e. The van der Waals surface area contributed by atoms with Gasteiger partial charge in [-0.05, 0) is 44.7 Å². The van der Waals surface area contributed by atoms with Gasteiger partial charge >= 0.3 is 0 Å². The van der Waals surface area contributed by atoms with Crippen LogP contribution in [0.5, 0.6) is 0 Å². The SMILES string of the molecule is NC(C1CC1)C(CO)N1CCCCCC1. The lowest BCUT2D eigenvalue weighted by atomic mass is 10.0. The van der Waals surface area contributed by atoms with E-state index in [1.165, 1.54) is 38.5 Å². The van der Waals surface area contributed by atoms with Crippen molar-refractivity contribution < 1.29 is 5.11 Å². The highest BCUT2D eigenvalue weighted by Crippen LogP contribution is 2.34. The Labute approximate surface area is 92.6 Å². The molecule has 1 aliphatic carbocycles. The van der Waals surface area contributed by atoms with E-state index in [-0.39, 0.29) is 18.7 Å². The molecule has 1 heterocycles. The minimum Gasteiger partial charge on any atom is -0.395 e. The van der Waals surface area contributed by atoms with E-state index in [1.807, 2.05) is 0 Å². The minimum absolute atomic E-state index is 0.202. The largest absolute Gasteiger partial charge is 0.395 e. The van der Waals surface area contributed by atoms with Crippen molar-refractivity contribution in [2.45, 2.75) is 50.6 Å². The van der Waals surface area contributed by atoms with Crippen molar-refractivity contribution in [3.8, 4) is 0 Å². The fraction of sp³-hybridized carbons (Fsp3) is 1.00. The molecule has 1 aliphatic heterocycles. The molecule has 3 heteroatoms. The van der Waals surface area contributed by atoms with Crippen molar-refractivity contribution in [2.24, 2.45) is 11.7 Å². The number of hydrogen-bond donors (Lipinski definition) is 2. The molecule has 0 spiro atoms. The van der Waals surface area contributed by atoms with Crippen LogP contribution in [0.3, 0.4) is 0 Å². The standard InChI is InChI=1S/C12H24N2O/c13-12(10-5-6-10)11(9-15)14-7-3-1-2-4-8-14/h10-12,15H,1-9,13H2. The highest BCUT2D eigenvalue weighted by molar-refractivity contribution is 4.93. The van der Waals surface area contributed by atoms with Gasteiger partial charge in [-0.3, -0.25) is 4.90 Å². The van der Waals surface area contributed by atoms with E-state index in [9.17, 15) is 5.11 Å². The van der Waals surface area contributed by atoms with Crippen molar-refractivity contribution in [1.29, 1.82) is 0 Å². The van der Waals surface area contributed by atoms with Gasteiger partial charge < -0.3 is 10.8 Å². The predicted octanol–water partition coefficient (Wildman–Crippen LogP) is 0.961. The van der Waals surface area contributed by atoms with Gasteiger partial charge in [0.1, 0.15) is 0 Å². The molecule has 3 nitrogen and oxygen atoms in total. The quantitative estimate of drug-likeness (QED) is 0.730. The fourth-order valence-corrected chi connectivity index (χ4v) is 2.70. The summed E-state index contributed by atoms with van der Waals surface area (Å²) in [5.41, 5.74) is 6.21. The van der Waals surface area contributed by atoms with Crippen LogP contribution in [0, 0.1) is 5.92 Å². The molecule has 1 saturated heterocycles. The summed E-state index contributed by atoms with van der Waals surface area (Å²) in [6, 6.07) is 0.420. The molecule has 3 N–H and O–H groups in total. The molecule has 2 rings (SSSR count). The Morgan fingerprint density at radius 2 is 1.73 bits per heavy atom. The summed E-state index contributed by atoms with van der Waals surface area (Å²) in [5, 5.41) is 9.50. The maximum Gasteiger partial charge on any atom is 0.0602 e. The molecule has 88 valence electrons. The summed E-state index contributed by atoms with van der Waals surface area (Å²) in [6.45, 7) is 2.50. The number of nitrogens with two attached hydrogens (primary N) is 1. The first kappa shape index (κ1) is 11.4. The predicted molar refractivity (Wildman–Crippen MR) is 61.6 cm³/mol. The Morgan fingerprint density at radius 3 is 2.20 bits per heavy atom. The van der Waals surface area contributed by atoms with Crippen LogP contribution in [0.25, 0.3) is 0 Å². The van der Waals surface area contributed by atoms with Crippen molar-refractivity contribution in [3.05, 3.63) is 0 Å². The zero-order valence-electron chi connectivity index (χ0n) is 9.57. The molecule has 0 radical (unpaired) electrons. The number of likely N-dealkylation sites (tertiary alicyclic amines) is 1. The van der Waals surface area contributed by atoms with E-state index in [4.69, 9.17) is 5.73 Å². The molecule has 2 unspecified atom stereocenters. The van der Waals surface area contributed by atoms with Crippen molar-refractivity contribution in [1.82, 2.24) is 4.90 Å². The van der Waals surface area contributed by atoms with E-state index in [2.05, 4.69) is 4.90 Å². The van der Waals surface area contributed by atoms with E-state index in [1.54, 1.807) is 0 Å². The zero-order chi connectivity index (χ0) is 10.7. The molecule has 2 atom stereocenters. The molecular weight excluding hydrogens is 188 g/mol. The molecule has 0 amide bonds. The highest BCUT2D eigenvalue weighted by atomic mass is 16.3. The number of rotatable bonds is 4. The Hall–Kier alpha value is -0.120. The molecule has 2 aliphatic rings. The Balaban J connectivity index is 1.90. The second-order valence-electron chi connectivity index (χ2n) is 5.11. The van der Waals surface area contributed by atoms with E-state index in [0.29, 0.717) is 5.92 Å². The van der Waals surface area contributed by atoms with Crippen LogP contribution in [-0.2, 0) is 0 Å². The van der Waals surface area contributed by atoms with Crippen LogP contribution >= 0.6 is 0 Å². The van der Waals surface area contributed by atoms with Gasteiger partial charge in [-0.15, -0.1) is 0 Å². The summed E-state index contributed by atoms with van der Waals surface area (Å²) < 4.78 is 0. The molecule has 0 aromatic rings. The second kappa shape index (κ2) is 5.28. The Morgan fingerprint density at radius 1 is 1.13 bits per heavy atom. The number of aliphatic hydroxyl groups is 1. The van der Waals surface area contributed by atoms with E-state index in [0.717, 1.165) is 13.1 Å². The molecule has 0 aromatic heterocycles. The molecular formula is C12H24N2O. The van der Waals surface area contributed by atoms with E-state index < -0.39 is 0 Å². The van der Waals surface area contributed by atoms with Crippen molar-refractivity contribution in [3.63, 3.8) is 0 Å². The maximum absolute atomic E-state index is 9.50. The van der Waals surface area contributed by atoms with Crippen molar-refractivity contribution >= 4 is 0 Å². The van der Waals surface area contributed by atoms with Gasteiger partial charge in [0.2, 0.25) is 0 Å². The summed E-state index contributed by atoms with van der Waals surface area (Å²) in [6.07, 6.45) is 7.76. The lowest BCUT2D eigenvalue weighted by Crippen LogP contribution is -2.51. The van der Waals surface area contributed by atoms with Crippen LogP contribution in [0.2, 0.25) is 0 Å². The first-order valence-corrected chi connectivity index (χ1v) is 6.43. The van der Waals surface area contributed by atoms with Gasteiger partial charge in [-0.2, -0.15) is 0 Å². The topological polar surface area (TPSA) is 49.5 Å². The third-order valence-electron chi connectivity index (χ3n) is 3.91. The fourth-order valence-electron chi connectivity index (χ4n) is 2.70. The molecule has 0 bridgehead atoms. The number of hydrogen-bond acceptors (Lipinski definition) is 3. The van der Waals surface area contributed by atoms with Gasteiger partial charge in [0.05, 0.1) is 6.61 Å². The summed E-state index contributed by atoms with van der Waals surface area (Å²) in [7, 11) is 0. The lowest BCUT2D eigenvalue weighted by molar-refractivity contribution is 0.101. The maximum atomic E-state index is 9.50. The summed E-state index contributed by atoms with van der Waals surface area (Å²) >= 11 is 0. The van der Waals surface area contributed by atoms with Crippen LogP contribution in [0.15, 0.2) is 0 Å². The normalized spacial score (nSPS) is 28.4. The third kappa shape index (κ3) is 2.92. The second-order valence-corrected chi connectivity index (χ2v) is 5.11. The summed E-state index contributed by atoms with van der Waals surface area (Å²) in [5.74, 6) is 0.686. The highest BCUT2D eigenvalue weighted by Gasteiger charge is 2.36. The first-order valence-electron chi connectivity index (χ1n) is 6.43. The number of nitrogens with zero attached hydrogens (tertiary/aromatic N) is 1. The summed E-state index contributed by atoms with van der Waals surface area (Å²) in [4.78, 5) is 2.43. The third-order valence-corrected chi connectivity index (χ3v) is 3.91. The average molecular weight is 212 g/mol. The first-order chi connectivity index (χ1) is 7.33. The zero-order valence-corrected chi connectivity index (χ0v) is 9.57. The van der Waals surface area contributed by atoms with Gasteiger partial charge in [0, 0.05) is 12.1 Å². The monoisotopic (exact) mass is 212 g/mol. The van der Waals surface area contributed by atoms with Gasteiger partial charge in [0.15, 0.2) is 0 Å².